The number of carbonyl (C=O) groups is 1. The molecule has 0 radical (unpaired) electrons. The first-order valence-corrected chi connectivity index (χ1v) is 13.5. The topological polar surface area (TPSA) is 71.8 Å². The smallest absolute Gasteiger partial charge is 0.230 e. The van der Waals surface area contributed by atoms with Gasteiger partial charge in [-0.25, -0.2) is 9.50 Å². The number of fused-ring (bicyclic) bond motifs is 1. The third-order valence-electron chi connectivity index (χ3n) is 6.50. The van der Waals surface area contributed by atoms with Gasteiger partial charge in [-0.1, -0.05) is 43.8 Å². The Morgan fingerprint density at radius 1 is 1.20 bits per heavy atom. The molecule has 1 aromatic carbocycles. The van der Waals surface area contributed by atoms with Crippen LogP contribution in [0.5, 0.6) is 5.75 Å². The minimum absolute atomic E-state index is 0.0480. The van der Waals surface area contributed by atoms with Crippen LogP contribution in [0.3, 0.4) is 0 Å². The second-order valence-corrected chi connectivity index (χ2v) is 10.8. The molecular formula is C27H37N5O2S. The average molecular weight is 496 g/mol. The van der Waals surface area contributed by atoms with Gasteiger partial charge in [0, 0.05) is 30.9 Å². The molecule has 0 saturated carbocycles. The minimum Gasteiger partial charge on any atom is -0.496 e. The SMILES string of the molecule is COc1ccccc1-c1c(C)nn2c(SCC(=O)NCCCN3C[C@@H](C)C[C@H](C)C3)cc(C)nc12. The summed E-state index contributed by atoms with van der Waals surface area (Å²) >= 11 is 1.49. The van der Waals surface area contributed by atoms with Crippen molar-refractivity contribution in [3.8, 4) is 16.9 Å². The van der Waals surface area contributed by atoms with Crippen molar-refractivity contribution < 1.29 is 9.53 Å². The van der Waals surface area contributed by atoms with E-state index in [0.717, 1.165) is 63.7 Å². The number of carbonyl (C=O) groups excluding carboxylic acids is 1. The number of piperidine rings is 1. The number of para-hydroxylation sites is 1. The van der Waals surface area contributed by atoms with E-state index in [-0.39, 0.29) is 5.91 Å². The second kappa shape index (κ2) is 11.4. The van der Waals surface area contributed by atoms with Gasteiger partial charge in [0.15, 0.2) is 5.65 Å². The summed E-state index contributed by atoms with van der Waals surface area (Å²) in [5.74, 6) is 2.71. The molecule has 3 heterocycles. The van der Waals surface area contributed by atoms with E-state index in [1.54, 1.807) is 7.11 Å². The number of rotatable bonds is 9. The van der Waals surface area contributed by atoms with Crippen LogP contribution < -0.4 is 10.1 Å². The molecule has 2 atom stereocenters. The number of aromatic nitrogens is 3. The zero-order chi connectivity index (χ0) is 24.9. The number of nitrogens with one attached hydrogen (secondary N) is 1. The van der Waals surface area contributed by atoms with Crippen molar-refractivity contribution in [2.24, 2.45) is 11.8 Å². The lowest BCUT2D eigenvalue weighted by Gasteiger charge is -2.34. The predicted molar refractivity (Wildman–Crippen MR) is 142 cm³/mol. The van der Waals surface area contributed by atoms with E-state index in [4.69, 9.17) is 14.8 Å². The number of aryl methyl sites for hydroxylation is 2. The summed E-state index contributed by atoms with van der Waals surface area (Å²) in [5, 5.41) is 8.76. The average Bonchev–Trinajstić information content (AvgIpc) is 3.15. The van der Waals surface area contributed by atoms with Crippen molar-refractivity contribution in [2.45, 2.75) is 45.6 Å². The molecule has 3 aromatic rings. The van der Waals surface area contributed by atoms with E-state index in [2.05, 4.69) is 24.1 Å². The quantitative estimate of drug-likeness (QED) is 0.266. The van der Waals surface area contributed by atoms with Crippen molar-refractivity contribution in [3.05, 3.63) is 41.7 Å². The highest BCUT2D eigenvalue weighted by Gasteiger charge is 2.21. The van der Waals surface area contributed by atoms with Gasteiger partial charge in [-0.3, -0.25) is 4.79 Å². The number of methoxy groups -OCH3 is 1. The van der Waals surface area contributed by atoms with Gasteiger partial charge >= 0.3 is 0 Å². The Bertz CT molecular complexity index is 1170. The Morgan fingerprint density at radius 3 is 2.69 bits per heavy atom. The molecule has 0 spiro atoms. The number of amides is 1. The maximum atomic E-state index is 12.6. The van der Waals surface area contributed by atoms with Crippen LogP contribution in [0.25, 0.3) is 16.8 Å². The molecule has 188 valence electrons. The van der Waals surface area contributed by atoms with Gasteiger partial charge in [0.1, 0.15) is 10.8 Å². The molecule has 0 unspecified atom stereocenters. The Hall–Kier alpha value is -2.58. The molecule has 7 nitrogen and oxygen atoms in total. The van der Waals surface area contributed by atoms with Crippen molar-refractivity contribution in [1.82, 2.24) is 24.8 Å². The predicted octanol–water partition coefficient (Wildman–Crippen LogP) is 4.60. The zero-order valence-electron chi connectivity index (χ0n) is 21.5. The first-order chi connectivity index (χ1) is 16.9. The fourth-order valence-corrected chi connectivity index (χ4v) is 6.06. The number of ether oxygens (including phenoxy) is 1. The van der Waals surface area contributed by atoms with E-state index in [9.17, 15) is 4.79 Å². The summed E-state index contributed by atoms with van der Waals surface area (Å²) in [5.41, 5.74) is 4.46. The van der Waals surface area contributed by atoms with Gasteiger partial charge < -0.3 is 15.0 Å². The molecule has 1 saturated heterocycles. The molecule has 8 heteroatoms. The van der Waals surface area contributed by atoms with E-state index in [0.29, 0.717) is 12.3 Å². The highest BCUT2D eigenvalue weighted by atomic mass is 32.2. The lowest BCUT2D eigenvalue weighted by molar-refractivity contribution is -0.118. The van der Waals surface area contributed by atoms with Gasteiger partial charge in [0.2, 0.25) is 5.91 Å². The third-order valence-corrected chi connectivity index (χ3v) is 7.50. The van der Waals surface area contributed by atoms with Crippen LogP contribution in [0.4, 0.5) is 0 Å². The number of hydrogen-bond donors (Lipinski definition) is 1. The lowest BCUT2D eigenvalue weighted by Crippen LogP contribution is -2.40. The van der Waals surface area contributed by atoms with Gasteiger partial charge in [0.25, 0.3) is 0 Å². The number of hydrogen-bond acceptors (Lipinski definition) is 6. The van der Waals surface area contributed by atoms with Gasteiger partial charge in [0.05, 0.1) is 24.1 Å². The summed E-state index contributed by atoms with van der Waals surface area (Å²) in [6.45, 7) is 12.7. The van der Waals surface area contributed by atoms with Crippen LogP contribution in [0, 0.1) is 25.7 Å². The monoisotopic (exact) mass is 495 g/mol. The van der Waals surface area contributed by atoms with Gasteiger partial charge in [-0.05, 0) is 57.2 Å². The fraction of sp³-hybridized carbons (Fsp3) is 0.519. The van der Waals surface area contributed by atoms with Gasteiger partial charge in [-0.15, -0.1) is 0 Å². The molecule has 1 aliphatic heterocycles. The van der Waals surface area contributed by atoms with E-state index in [1.165, 1.54) is 31.3 Å². The Labute approximate surface area is 212 Å². The molecule has 0 aliphatic carbocycles. The molecule has 35 heavy (non-hydrogen) atoms. The Morgan fingerprint density at radius 2 is 1.94 bits per heavy atom. The summed E-state index contributed by atoms with van der Waals surface area (Å²) < 4.78 is 7.43. The number of thioether (sulfide) groups is 1. The standard InChI is InChI=1S/C27H37N5O2S/c1-18-13-19(2)16-31(15-18)12-8-11-28-24(33)17-35-25-14-20(3)29-27-26(21(4)30-32(25)27)22-9-6-7-10-23(22)34-5/h6-7,9-10,14,18-19H,8,11-13,15-17H2,1-5H3,(H,28,33)/t18-,19-/m0/s1. The molecule has 1 aliphatic rings. The van der Waals surface area contributed by atoms with Crippen LogP contribution in [-0.2, 0) is 4.79 Å². The highest BCUT2D eigenvalue weighted by molar-refractivity contribution is 7.99. The van der Waals surface area contributed by atoms with Crippen molar-refractivity contribution in [3.63, 3.8) is 0 Å². The van der Waals surface area contributed by atoms with Crippen molar-refractivity contribution in [1.29, 1.82) is 0 Å². The summed E-state index contributed by atoms with van der Waals surface area (Å²) in [7, 11) is 1.67. The van der Waals surface area contributed by atoms with Crippen molar-refractivity contribution in [2.75, 3.05) is 39.0 Å². The van der Waals surface area contributed by atoms with Crippen LogP contribution in [-0.4, -0.2) is 64.4 Å². The Balaban J connectivity index is 1.38. The number of likely N-dealkylation sites (tertiary alicyclic amines) is 1. The summed E-state index contributed by atoms with van der Waals surface area (Å²) in [6.07, 6.45) is 2.30. The Kier molecular flexibility index (Phi) is 8.34. The number of nitrogens with zero attached hydrogens (tertiary/aromatic N) is 4. The molecule has 1 fully saturated rings. The fourth-order valence-electron chi connectivity index (χ4n) is 5.18. The van der Waals surface area contributed by atoms with Crippen LogP contribution in [0.2, 0.25) is 0 Å². The van der Waals surface area contributed by atoms with Crippen LogP contribution in [0.15, 0.2) is 35.4 Å². The largest absolute Gasteiger partial charge is 0.496 e. The summed E-state index contributed by atoms with van der Waals surface area (Å²) in [6, 6.07) is 9.90. The van der Waals surface area contributed by atoms with Crippen LogP contribution in [0.1, 0.15) is 38.1 Å². The van der Waals surface area contributed by atoms with Crippen LogP contribution >= 0.6 is 11.8 Å². The van der Waals surface area contributed by atoms with E-state index < -0.39 is 0 Å². The van der Waals surface area contributed by atoms with Crippen molar-refractivity contribution >= 4 is 23.3 Å². The molecule has 1 N–H and O–H groups in total. The summed E-state index contributed by atoms with van der Waals surface area (Å²) in [4.78, 5) is 19.9. The first-order valence-electron chi connectivity index (χ1n) is 12.5. The molecule has 1 amide bonds. The minimum atomic E-state index is 0.0480. The first kappa shape index (κ1) is 25.5. The molecule has 0 bridgehead atoms. The van der Waals surface area contributed by atoms with E-state index >= 15 is 0 Å². The number of benzene rings is 1. The molecule has 2 aromatic heterocycles. The van der Waals surface area contributed by atoms with Gasteiger partial charge in [-0.2, -0.15) is 5.10 Å². The maximum absolute atomic E-state index is 12.6. The normalized spacial score (nSPS) is 18.7. The van der Waals surface area contributed by atoms with E-state index in [1.807, 2.05) is 48.7 Å². The highest BCUT2D eigenvalue weighted by Crippen LogP contribution is 2.35. The zero-order valence-corrected chi connectivity index (χ0v) is 22.3. The third kappa shape index (κ3) is 6.16. The maximum Gasteiger partial charge on any atom is 0.230 e. The molecular weight excluding hydrogens is 458 g/mol. The molecule has 4 rings (SSSR count). The lowest BCUT2D eigenvalue weighted by atomic mass is 9.92. The second-order valence-electron chi connectivity index (χ2n) is 9.83.